The van der Waals surface area contributed by atoms with Gasteiger partial charge in [0.1, 0.15) is 0 Å². The molecule has 236 valence electrons. The van der Waals surface area contributed by atoms with E-state index in [4.69, 9.17) is 0 Å². The number of benzene rings is 9. The third kappa shape index (κ3) is 4.40. The van der Waals surface area contributed by atoms with Gasteiger partial charge in [-0.05, 0) is 125 Å². The van der Waals surface area contributed by atoms with Crippen molar-refractivity contribution in [3.63, 3.8) is 0 Å². The van der Waals surface area contributed by atoms with Crippen LogP contribution < -0.4 is 4.90 Å². The number of rotatable bonds is 4. The van der Waals surface area contributed by atoms with Crippen LogP contribution in [-0.2, 0) is 5.41 Å². The average Bonchev–Trinajstić information content (AvgIpc) is 3.39. The Labute approximate surface area is 292 Å². The van der Waals surface area contributed by atoms with Gasteiger partial charge in [-0.25, -0.2) is 0 Å². The van der Waals surface area contributed by atoms with Crippen LogP contribution in [0.1, 0.15) is 25.0 Å². The number of nitrogens with zero attached hydrogens (tertiary/aromatic N) is 1. The first kappa shape index (κ1) is 28.8. The summed E-state index contributed by atoms with van der Waals surface area (Å²) in [6.07, 6.45) is 0. The summed E-state index contributed by atoms with van der Waals surface area (Å²) in [5.41, 5.74) is 11.3. The van der Waals surface area contributed by atoms with Gasteiger partial charge in [-0.2, -0.15) is 0 Å². The van der Waals surface area contributed by atoms with Crippen LogP contribution in [0.4, 0.5) is 17.1 Å². The Morgan fingerprint density at radius 2 is 0.940 bits per heavy atom. The van der Waals surface area contributed by atoms with Gasteiger partial charge in [0.25, 0.3) is 0 Å². The maximum atomic E-state index is 2.48. The first-order valence-corrected chi connectivity index (χ1v) is 17.5. The van der Waals surface area contributed by atoms with Crippen molar-refractivity contribution in [1.82, 2.24) is 0 Å². The molecule has 0 aliphatic heterocycles. The number of anilines is 3. The molecule has 9 aromatic carbocycles. The van der Waals surface area contributed by atoms with Crippen LogP contribution in [0.15, 0.2) is 176 Å². The van der Waals surface area contributed by atoms with Gasteiger partial charge in [0, 0.05) is 22.5 Å². The zero-order valence-corrected chi connectivity index (χ0v) is 28.2. The van der Waals surface area contributed by atoms with Gasteiger partial charge < -0.3 is 4.90 Å². The number of hydrogen-bond acceptors (Lipinski definition) is 1. The fraction of sp³-hybridized carbons (Fsp3) is 0.0612. The summed E-state index contributed by atoms with van der Waals surface area (Å²) in [5, 5.41) is 10.2. The zero-order chi connectivity index (χ0) is 33.4. The van der Waals surface area contributed by atoms with Gasteiger partial charge in [0.15, 0.2) is 0 Å². The molecule has 9 aromatic rings. The van der Waals surface area contributed by atoms with Gasteiger partial charge in [-0.3, -0.25) is 0 Å². The lowest BCUT2D eigenvalue weighted by atomic mass is 9.81. The second kappa shape index (κ2) is 10.9. The normalized spacial score (nSPS) is 13.2. The minimum Gasteiger partial charge on any atom is -0.310 e. The molecule has 50 heavy (non-hydrogen) atoms. The molecule has 1 aliphatic carbocycles. The van der Waals surface area contributed by atoms with Gasteiger partial charge >= 0.3 is 0 Å². The second-order valence-electron chi connectivity index (χ2n) is 14.2. The second-order valence-corrected chi connectivity index (χ2v) is 14.2. The lowest BCUT2D eigenvalue weighted by molar-refractivity contribution is 0.661. The van der Waals surface area contributed by atoms with Crippen LogP contribution in [0.25, 0.3) is 65.3 Å². The molecule has 0 amide bonds. The van der Waals surface area contributed by atoms with E-state index in [0.717, 1.165) is 17.1 Å². The van der Waals surface area contributed by atoms with E-state index < -0.39 is 0 Å². The van der Waals surface area contributed by atoms with Crippen molar-refractivity contribution in [3.05, 3.63) is 187 Å². The molecule has 1 nitrogen and oxygen atoms in total. The van der Waals surface area contributed by atoms with Crippen molar-refractivity contribution >= 4 is 60.2 Å². The Morgan fingerprint density at radius 3 is 1.74 bits per heavy atom. The van der Waals surface area contributed by atoms with Gasteiger partial charge in [0.05, 0.1) is 0 Å². The van der Waals surface area contributed by atoms with E-state index in [1.807, 2.05) is 0 Å². The Kier molecular flexibility index (Phi) is 6.29. The van der Waals surface area contributed by atoms with E-state index in [2.05, 4.69) is 195 Å². The fourth-order valence-corrected chi connectivity index (χ4v) is 8.41. The highest BCUT2D eigenvalue weighted by Crippen LogP contribution is 2.51. The van der Waals surface area contributed by atoms with Crippen LogP contribution >= 0.6 is 0 Å². The molecular formula is C49H35N. The predicted molar refractivity (Wildman–Crippen MR) is 214 cm³/mol. The first-order valence-electron chi connectivity index (χ1n) is 17.5. The molecule has 0 aromatic heterocycles. The first-order chi connectivity index (χ1) is 24.5. The SMILES string of the molecule is CC1(C)c2ccccc2-c2cc3ccc4ccc5cc(N(c6ccc(-c7ccccc7)cc6)c6ccc7ccccc7c6)ccc5c4c3cc21. The number of fused-ring (bicyclic) bond motifs is 9. The van der Waals surface area contributed by atoms with Crippen LogP contribution in [0.2, 0.25) is 0 Å². The van der Waals surface area contributed by atoms with Crippen LogP contribution in [0.5, 0.6) is 0 Å². The fourth-order valence-electron chi connectivity index (χ4n) is 8.41. The molecule has 0 atom stereocenters. The third-order valence-corrected chi connectivity index (χ3v) is 11.0. The van der Waals surface area contributed by atoms with E-state index in [1.54, 1.807) is 0 Å². The highest BCUT2D eigenvalue weighted by Gasteiger charge is 2.35. The molecule has 0 saturated carbocycles. The molecule has 0 spiro atoms. The molecule has 0 unspecified atom stereocenters. The van der Waals surface area contributed by atoms with Gasteiger partial charge in [-0.15, -0.1) is 0 Å². The third-order valence-electron chi connectivity index (χ3n) is 11.0. The van der Waals surface area contributed by atoms with E-state index in [1.165, 1.54) is 76.5 Å². The summed E-state index contributed by atoms with van der Waals surface area (Å²) in [5.74, 6) is 0. The van der Waals surface area contributed by atoms with E-state index in [9.17, 15) is 0 Å². The predicted octanol–water partition coefficient (Wildman–Crippen LogP) is 13.7. The smallest absolute Gasteiger partial charge is 0.0468 e. The Bertz CT molecular complexity index is 2770. The maximum Gasteiger partial charge on any atom is 0.0468 e. The Hall–Kier alpha value is -6.18. The monoisotopic (exact) mass is 637 g/mol. The van der Waals surface area contributed by atoms with Gasteiger partial charge in [0.2, 0.25) is 0 Å². The van der Waals surface area contributed by atoms with E-state index in [-0.39, 0.29) is 5.41 Å². The highest BCUT2D eigenvalue weighted by molar-refractivity contribution is 6.21. The largest absolute Gasteiger partial charge is 0.310 e. The summed E-state index contributed by atoms with van der Waals surface area (Å²) >= 11 is 0. The van der Waals surface area contributed by atoms with E-state index >= 15 is 0 Å². The molecule has 1 aliphatic rings. The van der Waals surface area contributed by atoms with Crippen molar-refractivity contribution in [2.24, 2.45) is 0 Å². The summed E-state index contributed by atoms with van der Waals surface area (Å²) in [4.78, 5) is 2.39. The molecule has 0 saturated heterocycles. The minimum atomic E-state index is -0.0452. The molecule has 0 N–H and O–H groups in total. The topological polar surface area (TPSA) is 3.24 Å². The number of hydrogen-bond donors (Lipinski definition) is 0. The van der Waals surface area contributed by atoms with Crippen LogP contribution in [0, 0.1) is 0 Å². The maximum absolute atomic E-state index is 2.48. The van der Waals surface area contributed by atoms with Crippen molar-refractivity contribution in [3.8, 4) is 22.3 Å². The van der Waals surface area contributed by atoms with Crippen molar-refractivity contribution in [2.45, 2.75) is 19.3 Å². The lowest BCUT2D eigenvalue weighted by Crippen LogP contribution is -2.14. The summed E-state index contributed by atoms with van der Waals surface area (Å²) in [7, 11) is 0. The minimum absolute atomic E-state index is 0.0452. The van der Waals surface area contributed by atoms with Crippen molar-refractivity contribution in [2.75, 3.05) is 4.90 Å². The van der Waals surface area contributed by atoms with Crippen molar-refractivity contribution in [1.29, 1.82) is 0 Å². The van der Waals surface area contributed by atoms with Gasteiger partial charge in [-0.1, -0.05) is 141 Å². The molecule has 0 heterocycles. The van der Waals surface area contributed by atoms with Crippen molar-refractivity contribution < 1.29 is 0 Å². The molecule has 0 radical (unpaired) electrons. The Morgan fingerprint density at radius 1 is 0.360 bits per heavy atom. The Balaban J connectivity index is 1.15. The summed E-state index contributed by atoms with van der Waals surface area (Å²) < 4.78 is 0. The molecule has 0 bridgehead atoms. The van der Waals surface area contributed by atoms with Crippen LogP contribution in [0.3, 0.4) is 0 Å². The van der Waals surface area contributed by atoms with E-state index in [0.29, 0.717) is 0 Å². The summed E-state index contributed by atoms with van der Waals surface area (Å²) in [6.45, 7) is 4.74. The molecule has 0 fully saturated rings. The molecule has 1 heteroatoms. The summed E-state index contributed by atoms with van der Waals surface area (Å²) in [6, 6.07) is 64.9. The standard InChI is InChI=1S/C49H35N/c1-49(2)46-15-9-8-14-43(46)45-30-38-19-17-35-16-18-37-29-41(26-27-42(37)48(35)44(38)31-47(45)49)50(40-25-22-33-12-6-7-13-36(33)28-40)39-23-20-34(21-24-39)32-10-4-3-5-11-32/h3-31H,1-2H3. The lowest BCUT2D eigenvalue weighted by Gasteiger charge is -2.26. The average molecular weight is 638 g/mol. The molecule has 10 rings (SSSR count). The zero-order valence-electron chi connectivity index (χ0n) is 28.2. The van der Waals surface area contributed by atoms with Crippen LogP contribution in [-0.4, -0.2) is 0 Å². The quantitative estimate of drug-likeness (QED) is 0.174. The molecular weight excluding hydrogens is 603 g/mol. The highest BCUT2D eigenvalue weighted by atomic mass is 15.1.